The van der Waals surface area contributed by atoms with Gasteiger partial charge in [0.15, 0.2) is 0 Å². The van der Waals surface area contributed by atoms with Crippen LogP contribution >= 0.6 is 0 Å². The number of halogens is 1. The van der Waals surface area contributed by atoms with Crippen LogP contribution in [0.2, 0.25) is 0 Å². The van der Waals surface area contributed by atoms with Gasteiger partial charge in [0, 0.05) is 24.5 Å². The van der Waals surface area contributed by atoms with Crippen molar-refractivity contribution in [1.82, 2.24) is 10.2 Å². The van der Waals surface area contributed by atoms with Gasteiger partial charge in [0.1, 0.15) is 5.82 Å². The summed E-state index contributed by atoms with van der Waals surface area (Å²) in [5.41, 5.74) is 1.03. The third kappa shape index (κ3) is 3.31. The molecule has 0 spiro atoms. The number of nitrogens with one attached hydrogen (secondary N) is 1. The number of hydrogen-bond acceptors (Lipinski definition) is 2. The molecule has 1 aromatic carbocycles. The van der Waals surface area contributed by atoms with Crippen LogP contribution in [0.4, 0.5) is 4.39 Å². The second kappa shape index (κ2) is 7.71. The van der Waals surface area contributed by atoms with Crippen molar-refractivity contribution in [2.24, 2.45) is 28.6 Å². The van der Waals surface area contributed by atoms with Crippen molar-refractivity contribution in [3.63, 3.8) is 0 Å². The Morgan fingerprint density at radius 3 is 2.59 bits per heavy atom. The van der Waals surface area contributed by atoms with Gasteiger partial charge < -0.3 is 10.2 Å². The zero-order valence-corrected chi connectivity index (χ0v) is 19.4. The highest BCUT2D eigenvalue weighted by Gasteiger charge is 2.60. The lowest BCUT2D eigenvalue weighted by atomic mass is 9.48. The minimum atomic E-state index is -0.274. The molecular weight excluding hydrogens is 403 g/mol. The standard InChI is InChI=1S/C27H35FN2O2/c1-26-14-12-21-19(8-11-23-27(21,2)15-13-25(32)30(23)3)20(26)9-10-22(26)29-24(31)16-17-4-6-18(28)7-5-17/h4-7,13,15,19-23H,8-12,14,16H2,1-3H3,(H,29,31)/t19-,20-,21+,22?,23?,26-,27+/m0/s1. The molecule has 0 saturated heterocycles. The van der Waals surface area contributed by atoms with E-state index in [1.165, 1.54) is 25.0 Å². The number of fused-ring (bicyclic) bond motifs is 5. The van der Waals surface area contributed by atoms with Crippen molar-refractivity contribution in [3.05, 3.63) is 47.8 Å². The summed E-state index contributed by atoms with van der Waals surface area (Å²) < 4.78 is 13.2. The van der Waals surface area contributed by atoms with E-state index < -0.39 is 0 Å². The molecule has 7 atom stereocenters. The highest BCUT2D eigenvalue weighted by molar-refractivity contribution is 5.89. The molecule has 2 amide bonds. The minimum Gasteiger partial charge on any atom is -0.353 e. The lowest BCUT2D eigenvalue weighted by molar-refractivity contribution is -0.138. The first-order valence-corrected chi connectivity index (χ1v) is 12.2. The van der Waals surface area contributed by atoms with Crippen molar-refractivity contribution in [1.29, 1.82) is 0 Å². The second-order valence-corrected chi connectivity index (χ2v) is 11.2. The zero-order valence-electron chi connectivity index (χ0n) is 19.4. The van der Waals surface area contributed by atoms with E-state index in [4.69, 9.17) is 0 Å². The van der Waals surface area contributed by atoms with Gasteiger partial charge in [-0.05, 0) is 85.5 Å². The van der Waals surface area contributed by atoms with Crippen LogP contribution in [0.25, 0.3) is 0 Å². The van der Waals surface area contributed by atoms with Crippen molar-refractivity contribution in [2.45, 2.75) is 70.9 Å². The maximum atomic E-state index is 13.2. The van der Waals surface area contributed by atoms with E-state index in [0.717, 1.165) is 31.2 Å². The van der Waals surface area contributed by atoms with Gasteiger partial charge in [0.2, 0.25) is 11.8 Å². The molecule has 172 valence electrons. The zero-order chi connectivity index (χ0) is 22.7. The Morgan fingerprint density at radius 2 is 1.84 bits per heavy atom. The Balaban J connectivity index is 1.31. The predicted molar refractivity (Wildman–Crippen MR) is 122 cm³/mol. The summed E-state index contributed by atoms with van der Waals surface area (Å²) in [4.78, 5) is 27.0. The topological polar surface area (TPSA) is 49.4 Å². The van der Waals surface area contributed by atoms with Crippen LogP contribution in [-0.2, 0) is 16.0 Å². The normalized spacial score (nSPS) is 40.4. The number of amides is 2. The SMILES string of the molecule is CN1C(=O)C=C[C@@]2(C)C1CC[C@@H]1[C@H]2CC[C@]2(C)C(NC(=O)Cc3ccc(F)cc3)CC[C@@H]12. The van der Waals surface area contributed by atoms with Crippen molar-refractivity contribution in [3.8, 4) is 0 Å². The molecule has 2 unspecified atom stereocenters. The van der Waals surface area contributed by atoms with Crippen molar-refractivity contribution < 1.29 is 14.0 Å². The quantitative estimate of drug-likeness (QED) is 0.756. The highest BCUT2D eigenvalue weighted by atomic mass is 19.1. The Hall–Kier alpha value is -2.17. The molecule has 0 bridgehead atoms. The number of benzene rings is 1. The molecule has 0 aromatic heterocycles. The highest BCUT2D eigenvalue weighted by Crippen LogP contribution is 2.63. The largest absolute Gasteiger partial charge is 0.353 e. The summed E-state index contributed by atoms with van der Waals surface area (Å²) >= 11 is 0. The van der Waals surface area contributed by atoms with Crippen LogP contribution in [-0.4, -0.2) is 35.8 Å². The monoisotopic (exact) mass is 438 g/mol. The molecule has 3 saturated carbocycles. The molecular formula is C27H35FN2O2. The number of carbonyl (C=O) groups excluding carboxylic acids is 2. The fourth-order valence-corrected chi connectivity index (χ4v) is 8.01. The van der Waals surface area contributed by atoms with Crippen LogP contribution < -0.4 is 5.32 Å². The maximum Gasteiger partial charge on any atom is 0.246 e. The summed E-state index contributed by atoms with van der Waals surface area (Å²) in [7, 11) is 1.96. The number of carbonyl (C=O) groups is 2. The summed E-state index contributed by atoms with van der Waals surface area (Å²) in [6.07, 6.45) is 11.0. The number of hydrogen-bond donors (Lipinski definition) is 1. The first-order valence-electron chi connectivity index (χ1n) is 12.2. The Morgan fingerprint density at radius 1 is 1.09 bits per heavy atom. The molecule has 32 heavy (non-hydrogen) atoms. The molecule has 3 aliphatic carbocycles. The van der Waals surface area contributed by atoms with Crippen LogP contribution in [0, 0.1) is 34.4 Å². The van der Waals surface area contributed by atoms with Gasteiger partial charge >= 0.3 is 0 Å². The minimum absolute atomic E-state index is 0.0385. The van der Waals surface area contributed by atoms with E-state index in [0.29, 0.717) is 30.2 Å². The fourth-order valence-electron chi connectivity index (χ4n) is 8.01. The molecule has 5 heteroatoms. The predicted octanol–water partition coefficient (Wildman–Crippen LogP) is 4.49. The number of rotatable bonds is 3. The number of likely N-dealkylation sites (N-methyl/N-ethyl adjacent to an activating group) is 1. The first kappa shape index (κ1) is 21.7. The lowest BCUT2D eigenvalue weighted by Crippen LogP contribution is -2.60. The summed E-state index contributed by atoms with van der Waals surface area (Å²) in [5, 5.41) is 3.36. The van der Waals surface area contributed by atoms with Crippen LogP contribution in [0.3, 0.4) is 0 Å². The van der Waals surface area contributed by atoms with E-state index in [9.17, 15) is 14.0 Å². The molecule has 1 N–H and O–H groups in total. The summed E-state index contributed by atoms with van der Waals surface area (Å²) in [6, 6.07) is 6.73. The Labute approximate surface area is 190 Å². The van der Waals surface area contributed by atoms with E-state index in [1.807, 2.05) is 11.9 Å². The van der Waals surface area contributed by atoms with Crippen LogP contribution in [0.1, 0.15) is 57.9 Å². The lowest BCUT2D eigenvalue weighted by Gasteiger charge is -2.60. The van der Waals surface area contributed by atoms with Gasteiger partial charge in [-0.25, -0.2) is 4.39 Å². The molecule has 4 nitrogen and oxygen atoms in total. The van der Waals surface area contributed by atoms with Gasteiger partial charge in [-0.15, -0.1) is 0 Å². The Kier molecular flexibility index (Phi) is 5.22. The second-order valence-electron chi connectivity index (χ2n) is 11.2. The first-order chi connectivity index (χ1) is 15.2. The van der Waals surface area contributed by atoms with Gasteiger partial charge in [-0.1, -0.05) is 32.1 Å². The molecule has 3 fully saturated rings. The average molecular weight is 439 g/mol. The molecule has 1 aliphatic heterocycles. The van der Waals surface area contributed by atoms with Crippen LogP contribution in [0.15, 0.2) is 36.4 Å². The third-order valence-electron chi connectivity index (χ3n) is 9.74. The van der Waals surface area contributed by atoms with E-state index in [1.54, 1.807) is 18.2 Å². The van der Waals surface area contributed by atoms with Gasteiger partial charge in [-0.2, -0.15) is 0 Å². The summed E-state index contributed by atoms with van der Waals surface area (Å²) in [6.45, 7) is 4.76. The fraction of sp³-hybridized carbons (Fsp3) is 0.630. The summed E-state index contributed by atoms with van der Waals surface area (Å²) in [5.74, 6) is 1.77. The van der Waals surface area contributed by atoms with E-state index in [2.05, 4.69) is 25.2 Å². The van der Waals surface area contributed by atoms with Crippen molar-refractivity contribution >= 4 is 11.8 Å². The molecule has 1 aromatic rings. The van der Waals surface area contributed by atoms with Gasteiger partial charge in [-0.3, -0.25) is 9.59 Å². The smallest absolute Gasteiger partial charge is 0.246 e. The third-order valence-corrected chi connectivity index (χ3v) is 9.74. The van der Waals surface area contributed by atoms with Gasteiger partial charge in [0.05, 0.1) is 6.42 Å². The average Bonchev–Trinajstić information content (AvgIpc) is 3.09. The molecule has 4 aliphatic rings. The van der Waals surface area contributed by atoms with Crippen molar-refractivity contribution in [2.75, 3.05) is 7.05 Å². The van der Waals surface area contributed by atoms with E-state index >= 15 is 0 Å². The van der Waals surface area contributed by atoms with Gasteiger partial charge in [0.25, 0.3) is 0 Å². The number of nitrogens with zero attached hydrogens (tertiary/aromatic N) is 1. The Bertz CT molecular complexity index is 943. The maximum absolute atomic E-state index is 13.2. The van der Waals surface area contributed by atoms with Crippen LogP contribution in [0.5, 0.6) is 0 Å². The molecule has 5 rings (SSSR count). The molecule has 0 radical (unpaired) electrons. The molecule has 1 heterocycles. The van der Waals surface area contributed by atoms with E-state index in [-0.39, 0.29) is 34.5 Å².